The Morgan fingerprint density at radius 3 is 1.27 bits per heavy atom. The molecule has 2 nitrogen and oxygen atoms in total. The van der Waals surface area contributed by atoms with Crippen LogP contribution in [-0.2, 0) is 10.8 Å². The Labute approximate surface area is 308 Å². The van der Waals surface area contributed by atoms with Crippen molar-refractivity contribution in [3.8, 4) is 11.1 Å². The summed E-state index contributed by atoms with van der Waals surface area (Å²) in [6, 6.07) is 66.7. The first-order valence-electron chi connectivity index (χ1n) is 18.7. The summed E-state index contributed by atoms with van der Waals surface area (Å²) in [6.07, 6.45) is 5.10. The zero-order valence-electron chi connectivity index (χ0n) is 30.0. The Morgan fingerprint density at radius 1 is 0.385 bits per heavy atom. The van der Waals surface area contributed by atoms with Crippen molar-refractivity contribution in [1.82, 2.24) is 0 Å². The van der Waals surface area contributed by atoms with E-state index in [4.69, 9.17) is 0 Å². The Morgan fingerprint density at radius 2 is 0.769 bits per heavy atom. The van der Waals surface area contributed by atoms with Crippen molar-refractivity contribution in [2.75, 3.05) is 9.80 Å². The van der Waals surface area contributed by atoms with E-state index in [-0.39, 0.29) is 10.8 Å². The average molecular weight is 673 g/mol. The standard InChI is InChI=1S/C50H44N2/c1-49(2,37-24-28-42(29-25-37)51(39-16-6-3-7-17-39)40-18-8-4-9-19-40)38-26-30-43(31-27-38)52(41-20-10-5-11-21-41)44-32-33-48-46(36-44)45-22-12-13-23-47(45)50(48)34-14-15-35-50/h3-13,16-33,36H,14-15,34-35H2,1-2H3. The predicted octanol–water partition coefficient (Wildman–Crippen LogP) is 13.8. The normalized spacial score (nSPS) is 14.2. The Balaban J connectivity index is 1.05. The van der Waals surface area contributed by atoms with E-state index in [0.29, 0.717) is 0 Å². The van der Waals surface area contributed by atoms with Gasteiger partial charge in [-0.15, -0.1) is 0 Å². The molecular formula is C50H44N2. The first kappa shape index (κ1) is 32.1. The number of fused-ring (bicyclic) bond motifs is 5. The van der Waals surface area contributed by atoms with Gasteiger partial charge in [-0.3, -0.25) is 0 Å². The second kappa shape index (κ2) is 13.0. The molecule has 0 saturated heterocycles. The third-order valence-electron chi connectivity index (χ3n) is 11.7. The third kappa shape index (κ3) is 5.42. The molecule has 0 unspecified atom stereocenters. The van der Waals surface area contributed by atoms with Crippen LogP contribution in [0.2, 0.25) is 0 Å². The molecule has 254 valence electrons. The largest absolute Gasteiger partial charge is 0.311 e. The number of nitrogens with zero attached hydrogens (tertiary/aromatic N) is 2. The molecule has 7 aromatic carbocycles. The molecule has 9 rings (SSSR count). The minimum Gasteiger partial charge on any atom is -0.311 e. The fourth-order valence-corrected chi connectivity index (χ4v) is 8.96. The van der Waals surface area contributed by atoms with Crippen molar-refractivity contribution < 1.29 is 0 Å². The summed E-state index contributed by atoms with van der Waals surface area (Å²) >= 11 is 0. The van der Waals surface area contributed by atoms with Gasteiger partial charge in [0, 0.05) is 45.0 Å². The number of hydrogen-bond acceptors (Lipinski definition) is 2. The number of rotatable bonds is 8. The lowest BCUT2D eigenvalue weighted by molar-refractivity contribution is 0.550. The van der Waals surface area contributed by atoms with E-state index < -0.39 is 0 Å². The van der Waals surface area contributed by atoms with Crippen LogP contribution in [0.25, 0.3) is 11.1 Å². The summed E-state index contributed by atoms with van der Waals surface area (Å²) in [6.45, 7) is 4.66. The third-order valence-corrected chi connectivity index (χ3v) is 11.7. The SMILES string of the molecule is CC(C)(c1ccc(N(c2ccccc2)c2ccccc2)cc1)c1ccc(N(c2ccccc2)c2ccc3c(c2)-c2ccccc2C32CCCC2)cc1. The van der Waals surface area contributed by atoms with E-state index in [2.05, 4.69) is 206 Å². The molecule has 2 aliphatic rings. The van der Waals surface area contributed by atoms with Crippen molar-refractivity contribution in [2.24, 2.45) is 0 Å². The highest BCUT2D eigenvalue weighted by atomic mass is 15.1. The molecule has 7 aromatic rings. The van der Waals surface area contributed by atoms with Crippen molar-refractivity contribution in [2.45, 2.75) is 50.4 Å². The van der Waals surface area contributed by atoms with E-state index in [1.807, 2.05) is 0 Å². The second-order valence-electron chi connectivity index (χ2n) is 15.0. The van der Waals surface area contributed by atoms with Crippen LogP contribution in [0.15, 0.2) is 182 Å². The Hall–Kier alpha value is -5.86. The van der Waals surface area contributed by atoms with Gasteiger partial charge in [0.25, 0.3) is 0 Å². The monoisotopic (exact) mass is 672 g/mol. The van der Waals surface area contributed by atoms with Crippen molar-refractivity contribution in [3.63, 3.8) is 0 Å². The number of anilines is 6. The van der Waals surface area contributed by atoms with Crippen LogP contribution in [0.3, 0.4) is 0 Å². The molecule has 0 atom stereocenters. The van der Waals surface area contributed by atoms with Gasteiger partial charge < -0.3 is 9.80 Å². The number of para-hydroxylation sites is 3. The van der Waals surface area contributed by atoms with Gasteiger partial charge in [0.1, 0.15) is 0 Å². The molecular weight excluding hydrogens is 629 g/mol. The summed E-state index contributed by atoms with van der Waals surface area (Å²) in [7, 11) is 0. The highest BCUT2D eigenvalue weighted by Crippen LogP contribution is 2.57. The van der Waals surface area contributed by atoms with Gasteiger partial charge >= 0.3 is 0 Å². The van der Waals surface area contributed by atoms with Crippen LogP contribution >= 0.6 is 0 Å². The van der Waals surface area contributed by atoms with Gasteiger partial charge in [-0.05, 0) is 119 Å². The van der Waals surface area contributed by atoms with Gasteiger partial charge in [0.05, 0.1) is 0 Å². The van der Waals surface area contributed by atoms with Gasteiger partial charge in [-0.1, -0.05) is 136 Å². The highest BCUT2D eigenvalue weighted by Gasteiger charge is 2.45. The van der Waals surface area contributed by atoms with E-state index >= 15 is 0 Å². The van der Waals surface area contributed by atoms with Crippen LogP contribution in [0.4, 0.5) is 34.1 Å². The molecule has 1 spiro atoms. The summed E-state index contributed by atoms with van der Waals surface area (Å²) < 4.78 is 0. The second-order valence-corrected chi connectivity index (χ2v) is 15.0. The van der Waals surface area contributed by atoms with E-state index in [0.717, 1.165) is 28.4 Å². The zero-order chi connectivity index (χ0) is 35.1. The molecule has 1 saturated carbocycles. The Kier molecular flexibility index (Phi) is 8.04. The van der Waals surface area contributed by atoms with Gasteiger partial charge in [0.15, 0.2) is 0 Å². The van der Waals surface area contributed by atoms with Crippen molar-refractivity contribution >= 4 is 34.1 Å². The lowest BCUT2D eigenvalue weighted by Crippen LogP contribution is -2.20. The highest BCUT2D eigenvalue weighted by molar-refractivity contribution is 5.87. The van der Waals surface area contributed by atoms with Crippen LogP contribution in [0.1, 0.15) is 61.8 Å². The fraction of sp³-hybridized carbons (Fsp3) is 0.160. The molecule has 0 radical (unpaired) electrons. The molecule has 0 heterocycles. The van der Waals surface area contributed by atoms with Crippen LogP contribution in [0, 0.1) is 0 Å². The molecule has 0 bridgehead atoms. The van der Waals surface area contributed by atoms with Gasteiger partial charge in [0.2, 0.25) is 0 Å². The first-order valence-corrected chi connectivity index (χ1v) is 18.7. The predicted molar refractivity (Wildman–Crippen MR) is 219 cm³/mol. The number of hydrogen-bond donors (Lipinski definition) is 0. The molecule has 2 heteroatoms. The summed E-state index contributed by atoms with van der Waals surface area (Å²) in [5.74, 6) is 0. The molecule has 0 amide bonds. The van der Waals surface area contributed by atoms with E-state index in [1.54, 1.807) is 0 Å². The zero-order valence-corrected chi connectivity index (χ0v) is 30.0. The van der Waals surface area contributed by atoms with Crippen molar-refractivity contribution in [3.05, 3.63) is 204 Å². The minimum absolute atomic E-state index is 0.175. The smallest absolute Gasteiger partial charge is 0.0468 e. The van der Waals surface area contributed by atoms with Crippen LogP contribution in [-0.4, -0.2) is 0 Å². The average Bonchev–Trinajstić information content (AvgIpc) is 3.80. The summed E-state index contributed by atoms with van der Waals surface area (Å²) in [4.78, 5) is 4.73. The lowest BCUT2D eigenvalue weighted by atomic mass is 9.77. The summed E-state index contributed by atoms with van der Waals surface area (Å²) in [5.41, 5.74) is 15.3. The fourth-order valence-electron chi connectivity index (χ4n) is 8.96. The minimum atomic E-state index is -0.189. The van der Waals surface area contributed by atoms with Gasteiger partial charge in [-0.25, -0.2) is 0 Å². The van der Waals surface area contributed by atoms with Gasteiger partial charge in [-0.2, -0.15) is 0 Å². The molecule has 0 aliphatic heterocycles. The summed E-state index contributed by atoms with van der Waals surface area (Å²) in [5, 5.41) is 0. The van der Waals surface area contributed by atoms with E-state index in [9.17, 15) is 0 Å². The molecule has 1 fully saturated rings. The quantitative estimate of drug-likeness (QED) is 0.159. The molecule has 52 heavy (non-hydrogen) atoms. The topological polar surface area (TPSA) is 6.48 Å². The van der Waals surface area contributed by atoms with E-state index in [1.165, 1.54) is 64.8 Å². The maximum atomic E-state index is 2.45. The maximum Gasteiger partial charge on any atom is 0.0468 e. The maximum absolute atomic E-state index is 2.45. The van der Waals surface area contributed by atoms with Crippen LogP contribution in [0.5, 0.6) is 0 Å². The molecule has 2 aliphatic carbocycles. The number of benzene rings is 7. The molecule has 0 N–H and O–H groups in total. The lowest BCUT2D eigenvalue weighted by Gasteiger charge is -2.30. The van der Waals surface area contributed by atoms with Crippen molar-refractivity contribution in [1.29, 1.82) is 0 Å². The Bertz CT molecular complexity index is 2260. The molecule has 0 aromatic heterocycles. The first-order chi connectivity index (χ1) is 25.5. The van der Waals surface area contributed by atoms with Crippen LogP contribution < -0.4 is 9.80 Å².